The number of aliphatic hydroxyl groups excluding tert-OH is 1. The lowest BCUT2D eigenvalue weighted by molar-refractivity contribution is 0.134. The van der Waals surface area contributed by atoms with E-state index in [9.17, 15) is 5.11 Å². The standard InChI is InChI=1S/C17H18ClNO/c1-11-7-8-13(10-15(11)18)17(20)14-6-2-4-12-5-3-9-19-16(12)14/h3,5,7-10,14,17,20H,2,4,6H2,1H3. The van der Waals surface area contributed by atoms with Crippen molar-refractivity contribution in [3.8, 4) is 0 Å². The van der Waals surface area contributed by atoms with Gasteiger partial charge in [0, 0.05) is 22.8 Å². The largest absolute Gasteiger partial charge is 0.388 e. The van der Waals surface area contributed by atoms with E-state index < -0.39 is 6.10 Å². The quantitative estimate of drug-likeness (QED) is 0.898. The molecule has 1 N–H and O–H groups in total. The van der Waals surface area contributed by atoms with Crippen LogP contribution in [0.25, 0.3) is 0 Å². The van der Waals surface area contributed by atoms with Gasteiger partial charge in [-0.25, -0.2) is 0 Å². The van der Waals surface area contributed by atoms with Crippen molar-refractivity contribution in [2.24, 2.45) is 0 Å². The lowest BCUT2D eigenvalue weighted by atomic mass is 9.81. The smallest absolute Gasteiger partial charge is 0.0874 e. The monoisotopic (exact) mass is 287 g/mol. The van der Waals surface area contributed by atoms with Gasteiger partial charge in [0.15, 0.2) is 0 Å². The summed E-state index contributed by atoms with van der Waals surface area (Å²) in [4.78, 5) is 4.49. The number of fused-ring (bicyclic) bond motifs is 1. The summed E-state index contributed by atoms with van der Waals surface area (Å²) in [6.45, 7) is 1.97. The average molecular weight is 288 g/mol. The van der Waals surface area contributed by atoms with Gasteiger partial charge in [0.05, 0.1) is 6.10 Å². The summed E-state index contributed by atoms with van der Waals surface area (Å²) < 4.78 is 0. The van der Waals surface area contributed by atoms with E-state index in [-0.39, 0.29) is 5.92 Å². The van der Waals surface area contributed by atoms with Gasteiger partial charge in [-0.1, -0.05) is 29.8 Å². The van der Waals surface area contributed by atoms with Crippen LogP contribution in [0, 0.1) is 6.92 Å². The predicted octanol–water partition coefficient (Wildman–Crippen LogP) is 4.20. The first-order valence-corrected chi connectivity index (χ1v) is 7.42. The molecular weight excluding hydrogens is 270 g/mol. The molecule has 1 aliphatic carbocycles. The molecule has 0 saturated carbocycles. The minimum Gasteiger partial charge on any atom is -0.388 e. The van der Waals surface area contributed by atoms with Crippen molar-refractivity contribution in [1.29, 1.82) is 0 Å². The van der Waals surface area contributed by atoms with Crippen molar-refractivity contribution in [3.63, 3.8) is 0 Å². The number of hydrogen-bond acceptors (Lipinski definition) is 2. The molecule has 20 heavy (non-hydrogen) atoms. The molecular formula is C17H18ClNO. The van der Waals surface area contributed by atoms with Gasteiger partial charge in [-0.05, 0) is 55.0 Å². The first-order chi connectivity index (χ1) is 9.66. The van der Waals surface area contributed by atoms with Gasteiger partial charge in [0.1, 0.15) is 0 Å². The second kappa shape index (κ2) is 5.55. The molecule has 0 fully saturated rings. The maximum absolute atomic E-state index is 10.7. The molecule has 0 saturated heterocycles. The summed E-state index contributed by atoms with van der Waals surface area (Å²) in [6, 6.07) is 9.88. The normalized spacial score (nSPS) is 19.4. The fraction of sp³-hybridized carbons (Fsp3) is 0.353. The SMILES string of the molecule is Cc1ccc(C(O)C2CCCc3cccnc32)cc1Cl. The molecule has 1 aromatic carbocycles. The van der Waals surface area contributed by atoms with E-state index in [2.05, 4.69) is 11.1 Å². The fourth-order valence-corrected chi connectivity index (χ4v) is 3.17. The highest BCUT2D eigenvalue weighted by Crippen LogP contribution is 2.39. The summed E-state index contributed by atoms with van der Waals surface area (Å²) >= 11 is 6.17. The summed E-state index contributed by atoms with van der Waals surface area (Å²) in [6.07, 6.45) is 4.39. The van der Waals surface area contributed by atoms with E-state index in [1.165, 1.54) is 5.56 Å². The molecule has 0 bridgehead atoms. The van der Waals surface area contributed by atoms with E-state index in [1.54, 1.807) is 0 Å². The zero-order valence-corrected chi connectivity index (χ0v) is 12.3. The second-order valence-corrected chi connectivity index (χ2v) is 5.91. The molecule has 1 aliphatic rings. The molecule has 3 rings (SSSR count). The van der Waals surface area contributed by atoms with Crippen LogP contribution in [0.3, 0.4) is 0 Å². The Morgan fingerprint density at radius 3 is 3.00 bits per heavy atom. The Labute approximate surface area is 124 Å². The van der Waals surface area contributed by atoms with Crippen LogP contribution in [0.1, 0.15) is 47.2 Å². The van der Waals surface area contributed by atoms with E-state index >= 15 is 0 Å². The van der Waals surface area contributed by atoms with Crippen LogP contribution in [0.5, 0.6) is 0 Å². The highest BCUT2D eigenvalue weighted by atomic mass is 35.5. The third-order valence-corrected chi connectivity index (χ3v) is 4.56. The predicted molar refractivity (Wildman–Crippen MR) is 81.1 cm³/mol. The van der Waals surface area contributed by atoms with Crippen molar-refractivity contribution in [2.75, 3.05) is 0 Å². The Morgan fingerprint density at radius 1 is 1.35 bits per heavy atom. The summed E-state index contributed by atoms with van der Waals surface area (Å²) in [5, 5.41) is 11.4. The highest BCUT2D eigenvalue weighted by Gasteiger charge is 2.28. The molecule has 0 radical (unpaired) electrons. The maximum Gasteiger partial charge on any atom is 0.0874 e. The number of hydrogen-bond donors (Lipinski definition) is 1. The summed E-state index contributed by atoms with van der Waals surface area (Å²) in [5.74, 6) is 0.0683. The molecule has 1 aromatic heterocycles. The van der Waals surface area contributed by atoms with Gasteiger partial charge in [0.25, 0.3) is 0 Å². The van der Waals surface area contributed by atoms with Crippen molar-refractivity contribution < 1.29 is 5.11 Å². The molecule has 0 aliphatic heterocycles. The lowest BCUT2D eigenvalue weighted by Crippen LogP contribution is -2.18. The first kappa shape index (κ1) is 13.6. The zero-order valence-electron chi connectivity index (χ0n) is 11.5. The van der Waals surface area contributed by atoms with Gasteiger partial charge in [-0.3, -0.25) is 4.98 Å². The summed E-state index contributed by atoms with van der Waals surface area (Å²) in [5.41, 5.74) is 4.22. The average Bonchev–Trinajstić information content (AvgIpc) is 2.49. The number of pyridine rings is 1. The van der Waals surface area contributed by atoms with Crippen LogP contribution in [0.4, 0.5) is 0 Å². The Balaban J connectivity index is 1.95. The molecule has 104 valence electrons. The van der Waals surface area contributed by atoms with Gasteiger partial charge in [-0.15, -0.1) is 0 Å². The Morgan fingerprint density at radius 2 is 2.20 bits per heavy atom. The summed E-state index contributed by atoms with van der Waals surface area (Å²) in [7, 11) is 0. The fourth-order valence-electron chi connectivity index (χ4n) is 2.98. The van der Waals surface area contributed by atoms with Crippen molar-refractivity contribution >= 4 is 11.6 Å². The van der Waals surface area contributed by atoms with Crippen molar-refractivity contribution in [3.05, 3.63) is 63.9 Å². The van der Waals surface area contributed by atoms with E-state index in [4.69, 9.17) is 11.6 Å². The number of aryl methyl sites for hydroxylation is 2. The van der Waals surface area contributed by atoms with Gasteiger partial charge in [-0.2, -0.15) is 0 Å². The van der Waals surface area contributed by atoms with Gasteiger partial charge in [0.2, 0.25) is 0 Å². The minimum absolute atomic E-state index is 0.0683. The van der Waals surface area contributed by atoms with Crippen LogP contribution in [-0.2, 0) is 6.42 Å². The highest BCUT2D eigenvalue weighted by molar-refractivity contribution is 6.31. The van der Waals surface area contributed by atoms with Crippen LogP contribution in [-0.4, -0.2) is 10.1 Å². The first-order valence-electron chi connectivity index (χ1n) is 7.04. The van der Waals surface area contributed by atoms with Crippen molar-refractivity contribution in [1.82, 2.24) is 4.98 Å². The Hall–Kier alpha value is -1.38. The number of rotatable bonds is 2. The van der Waals surface area contributed by atoms with Gasteiger partial charge >= 0.3 is 0 Å². The number of aliphatic hydroxyl groups is 1. The molecule has 1 heterocycles. The molecule has 2 atom stereocenters. The number of halogens is 1. The Kier molecular flexibility index (Phi) is 3.77. The van der Waals surface area contributed by atoms with E-state index in [1.807, 2.05) is 37.4 Å². The Bertz CT molecular complexity index is 626. The zero-order chi connectivity index (χ0) is 14.1. The number of aromatic nitrogens is 1. The van der Waals surface area contributed by atoms with Crippen LogP contribution < -0.4 is 0 Å². The molecule has 0 spiro atoms. The molecule has 0 amide bonds. The van der Waals surface area contributed by atoms with E-state index in [0.717, 1.165) is 36.1 Å². The van der Waals surface area contributed by atoms with Crippen LogP contribution in [0.15, 0.2) is 36.5 Å². The molecule has 2 unspecified atom stereocenters. The lowest BCUT2D eigenvalue weighted by Gasteiger charge is -2.28. The van der Waals surface area contributed by atoms with Crippen LogP contribution in [0.2, 0.25) is 5.02 Å². The molecule has 2 nitrogen and oxygen atoms in total. The maximum atomic E-state index is 10.7. The van der Waals surface area contributed by atoms with E-state index in [0.29, 0.717) is 5.02 Å². The third kappa shape index (κ3) is 2.46. The number of nitrogens with zero attached hydrogens (tertiary/aromatic N) is 1. The second-order valence-electron chi connectivity index (χ2n) is 5.50. The third-order valence-electron chi connectivity index (χ3n) is 4.16. The number of benzene rings is 1. The topological polar surface area (TPSA) is 33.1 Å². The molecule has 2 aromatic rings. The van der Waals surface area contributed by atoms with Crippen molar-refractivity contribution in [2.45, 2.75) is 38.2 Å². The van der Waals surface area contributed by atoms with Gasteiger partial charge < -0.3 is 5.11 Å². The minimum atomic E-state index is -0.540. The molecule has 3 heteroatoms. The van der Waals surface area contributed by atoms with Crippen LogP contribution >= 0.6 is 11.6 Å².